The molecule has 0 saturated carbocycles. The molecular formula is C19H30IN5O. The van der Waals surface area contributed by atoms with Gasteiger partial charge in [-0.3, -0.25) is 4.68 Å². The summed E-state index contributed by atoms with van der Waals surface area (Å²) >= 11 is 0. The Morgan fingerprint density at radius 1 is 1.27 bits per heavy atom. The van der Waals surface area contributed by atoms with Gasteiger partial charge in [-0.05, 0) is 38.5 Å². The van der Waals surface area contributed by atoms with Gasteiger partial charge in [-0.1, -0.05) is 12.1 Å². The third-order valence-corrected chi connectivity index (χ3v) is 4.32. The zero-order valence-corrected chi connectivity index (χ0v) is 18.9. The molecule has 1 heterocycles. The van der Waals surface area contributed by atoms with Gasteiger partial charge in [0.1, 0.15) is 5.75 Å². The summed E-state index contributed by atoms with van der Waals surface area (Å²) in [6.45, 7) is 8.43. The molecular weight excluding hydrogens is 441 g/mol. The van der Waals surface area contributed by atoms with Crippen molar-refractivity contribution in [1.82, 2.24) is 20.0 Å². The number of halogens is 1. The number of rotatable bonds is 6. The fourth-order valence-electron chi connectivity index (χ4n) is 2.75. The smallest absolute Gasteiger partial charge is 0.194 e. The molecule has 0 atom stereocenters. The minimum absolute atomic E-state index is 0. The van der Waals surface area contributed by atoms with Gasteiger partial charge >= 0.3 is 0 Å². The number of nitrogens with zero attached hydrogens (tertiary/aromatic N) is 4. The lowest BCUT2D eigenvalue weighted by molar-refractivity contribution is 0.414. The van der Waals surface area contributed by atoms with Crippen molar-refractivity contribution in [2.45, 2.75) is 33.9 Å². The molecule has 2 aromatic rings. The summed E-state index contributed by atoms with van der Waals surface area (Å²) in [4.78, 5) is 6.93. The lowest BCUT2D eigenvalue weighted by atomic mass is 10.2. The van der Waals surface area contributed by atoms with Gasteiger partial charge in [0.15, 0.2) is 5.96 Å². The predicted octanol–water partition coefficient (Wildman–Crippen LogP) is 3.26. The van der Waals surface area contributed by atoms with Crippen LogP contribution in [0.5, 0.6) is 5.75 Å². The molecule has 0 aliphatic rings. The van der Waals surface area contributed by atoms with Crippen LogP contribution in [0.1, 0.15) is 29.4 Å². The van der Waals surface area contributed by atoms with Crippen molar-refractivity contribution in [3.63, 3.8) is 0 Å². The van der Waals surface area contributed by atoms with E-state index in [1.54, 1.807) is 7.11 Å². The zero-order valence-electron chi connectivity index (χ0n) is 16.5. The molecule has 0 fully saturated rings. The summed E-state index contributed by atoms with van der Waals surface area (Å²) in [5.41, 5.74) is 4.60. The van der Waals surface area contributed by atoms with Crippen LogP contribution in [0.25, 0.3) is 0 Å². The molecule has 0 aliphatic heterocycles. The third-order valence-electron chi connectivity index (χ3n) is 4.32. The second-order valence-electron chi connectivity index (χ2n) is 6.15. The Labute approximate surface area is 173 Å². The van der Waals surface area contributed by atoms with Gasteiger partial charge in [0.2, 0.25) is 0 Å². The average molecular weight is 471 g/mol. The predicted molar refractivity (Wildman–Crippen MR) is 117 cm³/mol. The number of hydrogen-bond donors (Lipinski definition) is 1. The molecule has 144 valence electrons. The maximum atomic E-state index is 5.21. The molecule has 0 saturated heterocycles. The summed E-state index contributed by atoms with van der Waals surface area (Å²) in [5, 5.41) is 7.83. The summed E-state index contributed by atoms with van der Waals surface area (Å²) in [6.07, 6.45) is 0. The Bertz CT molecular complexity index is 724. The van der Waals surface area contributed by atoms with E-state index in [2.05, 4.69) is 48.3 Å². The third kappa shape index (κ3) is 5.62. The second-order valence-corrected chi connectivity index (χ2v) is 6.15. The Hall–Kier alpha value is -1.77. The van der Waals surface area contributed by atoms with Crippen LogP contribution in [-0.4, -0.2) is 41.3 Å². The van der Waals surface area contributed by atoms with E-state index in [1.807, 2.05) is 30.8 Å². The fourth-order valence-corrected chi connectivity index (χ4v) is 2.75. The molecule has 1 aromatic carbocycles. The molecule has 1 N–H and O–H groups in total. The molecule has 26 heavy (non-hydrogen) atoms. The quantitative estimate of drug-likeness (QED) is 0.399. The van der Waals surface area contributed by atoms with E-state index in [-0.39, 0.29) is 24.0 Å². The molecule has 0 radical (unpaired) electrons. The highest BCUT2D eigenvalue weighted by molar-refractivity contribution is 14.0. The van der Waals surface area contributed by atoms with E-state index in [9.17, 15) is 0 Å². The minimum atomic E-state index is 0. The maximum absolute atomic E-state index is 5.21. The number of aromatic nitrogens is 2. The number of aliphatic imine (C=N–C) groups is 1. The summed E-state index contributed by atoms with van der Waals surface area (Å²) in [7, 11) is 5.70. The molecule has 0 amide bonds. The number of benzene rings is 1. The van der Waals surface area contributed by atoms with Gasteiger partial charge in [-0.15, -0.1) is 24.0 Å². The van der Waals surface area contributed by atoms with E-state index in [4.69, 9.17) is 9.73 Å². The Morgan fingerprint density at radius 2 is 1.92 bits per heavy atom. The van der Waals surface area contributed by atoms with Crippen molar-refractivity contribution >= 4 is 29.9 Å². The van der Waals surface area contributed by atoms with E-state index < -0.39 is 0 Å². The van der Waals surface area contributed by atoms with Gasteiger partial charge in [0, 0.05) is 38.4 Å². The van der Waals surface area contributed by atoms with Crippen LogP contribution in [0.15, 0.2) is 29.3 Å². The van der Waals surface area contributed by atoms with Crippen molar-refractivity contribution in [3.05, 3.63) is 46.8 Å². The number of methoxy groups -OCH3 is 1. The average Bonchev–Trinajstić information content (AvgIpc) is 2.84. The number of guanidine groups is 1. The van der Waals surface area contributed by atoms with E-state index >= 15 is 0 Å². The topological polar surface area (TPSA) is 54.7 Å². The molecule has 0 unspecified atom stereocenters. The highest BCUT2D eigenvalue weighted by Gasteiger charge is 2.11. The van der Waals surface area contributed by atoms with Crippen molar-refractivity contribution in [2.75, 3.05) is 20.7 Å². The van der Waals surface area contributed by atoms with E-state index in [1.165, 1.54) is 11.1 Å². The van der Waals surface area contributed by atoms with Crippen molar-refractivity contribution in [3.8, 4) is 5.75 Å². The molecule has 0 bridgehead atoms. The first-order chi connectivity index (χ1) is 12.0. The van der Waals surface area contributed by atoms with Gasteiger partial charge in [-0.2, -0.15) is 5.10 Å². The number of aryl methyl sites for hydroxylation is 2. The molecule has 1 aromatic heterocycles. The summed E-state index contributed by atoms with van der Waals surface area (Å²) < 4.78 is 7.13. The van der Waals surface area contributed by atoms with Gasteiger partial charge in [0.05, 0.1) is 19.3 Å². The van der Waals surface area contributed by atoms with Crippen molar-refractivity contribution in [2.24, 2.45) is 12.0 Å². The second kappa shape index (κ2) is 10.4. The number of ether oxygens (including phenoxy) is 1. The summed E-state index contributed by atoms with van der Waals surface area (Å²) in [5.74, 6) is 1.76. The lowest BCUT2D eigenvalue weighted by Crippen LogP contribution is -2.38. The highest BCUT2D eigenvalue weighted by atomic mass is 127. The largest absolute Gasteiger partial charge is 0.497 e. The standard InChI is InChI=1S/C19H29N5O.HI/c1-7-20-19(21-12-18-14(2)22-24(5)15(18)3)23(4)13-16-8-10-17(25-6)11-9-16;/h8-11H,7,12-13H2,1-6H3,(H,20,21);1H. The van der Waals surface area contributed by atoms with Gasteiger partial charge < -0.3 is 15.0 Å². The molecule has 0 aliphatic carbocycles. The van der Waals surface area contributed by atoms with Crippen LogP contribution < -0.4 is 10.1 Å². The Kier molecular flexibility index (Phi) is 8.91. The first-order valence-electron chi connectivity index (χ1n) is 8.57. The van der Waals surface area contributed by atoms with Gasteiger partial charge in [0.25, 0.3) is 0 Å². The Morgan fingerprint density at radius 3 is 2.42 bits per heavy atom. The first-order valence-corrected chi connectivity index (χ1v) is 8.57. The molecule has 0 spiro atoms. The monoisotopic (exact) mass is 471 g/mol. The van der Waals surface area contributed by atoms with E-state index in [0.717, 1.165) is 36.2 Å². The van der Waals surface area contributed by atoms with Crippen LogP contribution in [-0.2, 0) is 20.1 Å². The first kappa shape index (κ1) is 22.3. The van der Waals surface area contributed by atoms with Gasteiger partial charge in [-0.25, -0.2) is 4.99 Å². The molecule has 7 heteroatoms. The SMILES string of the molecule is CCNC(=NCc1c(C)nn(C)c1C)N(C)Cc1ccc(OC)cc1.I. The van der Waals surface area contributed by atoms with Crippen LogP contribution in [0.4, 0.5) is 0 Å². The Balaban J connectivity index is 0.00000338. The van der Waals surface area contributed by atoms with E-state index in [0.29, 0.717) is 6.54 Å². The fraction of sp³-hybridized carbons (Fsp3) is 0.474. The maximum Gasteiger partial charge on any atom is 0.194 e. The highest BCUT2D eigenvalue weighted by Crippen LogP contribution is 2.14. The molecule has 6 nitrogen and oxygen atoms in total. The van der Waals surface area contributed by atoms with Crippen LogP contribution in [0.2, 0.25) is 0 Å². The van der Waals surface area contributed by atoms with Crippen molar-refractivity contribution in [1.29, 1.82) is 0 Å². The minimum Gasteiger partial charge on any atom is -0.497 e. The molecule has 2 rings (SSSR count). The number of nitrogens with one attached hydrogen (secondary N) is 1. The van der Waals surface area contributed by atoms with Crippen LogP contribution >= 0.6 is 24.0 Å². The summed E-state index contributed by atoms with van der Waals surface area (Å²) in [6, 6.07) is 8.12. The normalized spacial score (nSPS) is 11.1. The number of hydrogen-bond acceptors (Lipinski definition) is 3. The lowest BCUT2D eigenvalue weighted by Gasteiger charge is -2.22. The van der Waals surface area contributed by atoms with Crippen LogP contribution in [0.3, 0.4) is 0 Å². The van der Waals surface area contributed by atoms with Crippen LogP contribution in [0, 0.1) is 13.8 Å². The van der Waals surface area contributed by atoms with Crippen molar-refractivity contribution < 1.29 is 4.74 Å². The zero-order chi connectivity index (χ0) is 18.4.